The van der Waals surface area contributed by atoms with E-state index >= 15 is 0 Å². The van der Waals surface area contributed by atoms with Crippen LogP contribution in [0.5, 0.6) is 5.75 Å². The molecular formula is C27H28FN3O3. The lowest BCUT2D eigenvalue weighted by molar-refractivity contribution is -0.127. The Bertz CT molecular complexity index is 1200. The Morgan fingerprint density at radius 2 is 1.97 bits per heavy atom. The number of rotatable bonds is 7. The van der Waals surface area contributed by atoms with Gasteiger partial charge >= 0.3 is 0 Å². The molecule has 7 heteroatoms. The second-order valence-corrected chi connectivity index (χ2v) is 10.00. The third-order valence-electron chi connectivity index (χ3n) is 8.12. The molecule has 6 rings (SSSR count). The van der Waals surface area contributed by atoms with E-state index in [2.05, 4.69) is 22.6 Å². The van der Waals surface area contributed by atoms with Gasteiger partial charge in [-0.1, -0.05) is 29.4 Å². The highest BCUT2D eigenvalue weighted by Crippen LogP contribution is 2.57. The van der Waals surface area contributed by atoms with E-state index < -0.39 is 0 Å². The molecule has 3 aliphatic rings. The van der Waals surface area contributed by atoms with E-state index in [4.69, 9.17) is 14.2 Å². The molecule has 0 saturated heterocycles. The molecule has 0 aliphatic heterocycles. The number of benzene rings is 2. The van der Waals surface area contributed by atoms with E-state index in [-0.39, 0.29) is 29.0 Å². The minimum absolute atomic E-state index is 0.00231. The van der Waals surface area contributed by atoms with E-state index in [0.717, 1.165) is 49.0 Å². The number of halogens is 1. The summed E-state index contributed by atoms with van der Waals surface area (Å²) in [6.07, 6.45) is 5.11. The van der Waals surface area contributed by atoms with Crippen LogP contribution in [-0.2, 0) is 16.8 Å². The first-order valence-corrected chi connectivity index (χ1v) is 12.1. The van der Waals surface area contributed by atoms with Gasteiger partial charge in [-0.25, -0.2) is 4.39 Å². The van der Waals surface area contributed by atoms with E-state index in [1.165, 1.54) is 12.1 Å². The van der Waals surface area contributed by atoms with Crippen LogP contribution >= 0.6 is 0 Å². The van der Waals surface area contributed by atoms with Crippen molar-refractivity contribution >= 4 is 5.91 Å². The van der Waals surface area contributed by atoms with Gasteiger partial charge in [-0.2, -0.15) is 4.98 Å². The van der Waals surface area contributed by atoms with Gasteiger partial charge in [0.05, 0.1) is 24.4 Å². The van der Waals surface area contributed by atoms with E-state index in [1.807, 2.05) is 18.2 Å². The predicted octanol–water partition coefficient (Wildman–Crippen LogP) is 4.74. The summed E-state index contributed by atoms with van der Waals surface area (Å²) in [6, 6.07) is 14.4. The van der Waals surface area contributed by atoms with Crippen LogP contribution in [0.1, 0.15) is 60.9 Å². The van der Waals surface area contributed by atoms with Gasteiger partial charge in [-0.15, -0.1) is 0 Å². The molecule has 1 N–H and O–H groups in total. The van der Waals surface area contributed by atoms with Gasteiger partial charge in [-0.05, 0) is 79.3 Å². The minimum atomic E-state index is -0.297. The van der Waals surface area contributed by atoms with Gasteiger partial charge in [-0.3, -0.25) is 4.79 Å². The van der Waals surface area contributed by atoms with Gasteiger partial charge in [0.1, 0.15) is 11.6 Å². The second-order valence-electron chi connectivity index (χ2n) is 10.00. The smallest absolute Gasteiger partial charge is 0.230 e. The Hall–Kier alpha value is -3.22. The van der Waals surface area contributed by atoms with Gasteiger partial charge in [0.25, 0.3) is 0 Å². The fraction of sp³-hybridized carbons (Fsp3) is 0.444. The molecule has 34 heavy (non-hydrogen) atoms. The lowest BCUT2D eigenvalue weighted by Crippen LogP contribution is -2.37. The lowest BCUT2D eigenvalue weighted by atomic mass is 9.78. The molecule has 176 valence electrons. The van der Waals surface area contributed by atoms with E-state index in [9.17, 15) is 9.18 Å². The van der Waals surface area contributed by atoms with Crippen molar-refractivity contribution in [2.75, 3.05) is 7.11 Å². The number of nitrogens with one attached hydrogen (secondary N) is 1. The van der Waals surface area contributed by atoms with Crippen molar-refractivity contribution in [1.29, 1.82) is 0 Å². The molecule has 0 radical (unpaired) electrons. The second kappa shape index (κ2) is 8.22. The average Bonchev–Trinajstić information content (AvgIpc) is 3.19. The molecule has 3 saturated carbocycles. The monoisotopic (exact) mass is 461 g/mol. The Morgan fingerprint density at radius 1 is 1.18 bits per heavy atom. The zero-order valence-electron chi connectivity index (χ0n) is 19.2. The number of carbonyl (C=O) groups excluding carboxylic acids is 1. The summed E-state index contributed by atoms with van der Waals surface area (Å²) in [5.74, 6) is 2.31. The molecular weight excluding hydrogens is 433 g/mol. The maximum Gasteiger partial charge on any atom is 0.230 e. The molecule has 6 nitrogen and oxygen atoms in total. The Labute approximate surface area is 197 Å². The summed E-state index contributed by atoms with van der Waals surface area (Å²) < 4.78 is 24.6. The molecule has 3 fully saturated rings. The molecule has 1 heterocycles. The molecule has 3 aromatic rings. The first-order valence-electron chi connectivity index (χ1n) is 12.1. The SMILES string of the molecule is COc1ccc(C2(c3noc([C@H]4[C@@H]5CC[C@@H](C5)[C@@H]4C(=O)NCc4cccc(F)c4)n3)CC2)cc1. The minimum Gasteiger partial charge on any atom is -0.497 e. The maximum atomic E-state index is 13.5. The van der Waals surface area contributed by atoms with Crippen LogP contribution in [0.15, 0.2) is 53.1 Å². The molecule has 2 aromatic carbocycles. The molecule has 4 atom stereocenters. The summed E-state index contributed by atoms with van der Waals surface area (Å²) in [6.45, 7) is 0.312. The fourth-order valence-corrected chi connectivity index (χ4v) is 6.22. The standard InChI is InChI=1S/C27H28FN3O3/c1-33-21-9-7-19(8-10-21)27(11-12-27)26-30-25(34-31-26)23-18-6-5-17(14-18)22(23)24(32)29-15-16-3-2-4-20(28)13-16/h2-4,7-10,13,17-18,22-23H,5-6,11-12,14-15H2,1H3,(H,29,32)/t17-,18+,22-,23-/m0/s1. The summed E-state index contributed by atoms with van der Waals surface area (Å²) >= 11 is 0. The first-order chi connectivity index (χ1) is 16.6. The fourth-order valence-electron chi connectivity index (χ4n) is 6.22. The van der Waals surface area contributed by atoms with Crippen LogP contribution in [0.3, 0.4) is 0 Å². The molecule has 2 bridgehead atoms. The van der Waals surface area contributed by atoms with Crippen LogP contribution in [0.25, 0.3) is 0 Å². The van der Waals surface area contributed by atoms with Crippen molar-refractivity contribution in [1.82, 2.24) is 15.5 Å². The van der Waals surface area contributed by atoms with E-state index in [0.29, 0.717) is 30.1 Å². The van der Waals surface area contributed by atoms with Crippen molar-refractivity contribution in [3.05, 3.63) is 77.2 Å². The highest BCUT2D eigenvalue weighted by molar-refractivity contribution is 5.80. The number of ether oxygens (including phenoxy) is 1. The highest BCUT2D eigenvalue weighted by atomic mass is 19.1. The highest BCUT2D eigenvalue weighted by Gasteiger charge is 2.55. The number of amides is 1. The number of fused-ring (bicyclic) bond motifs is 2. The summed E-state index contributed by atoms with van der Waals surface area (Å²) in [5.41, 5.74) is 1.71. The molecule has 0 unspecified atom stereocenters. The topological polar surface area (TPSA) is 77.2 Å². The average molecular weight is 462 g/mol. The summed E-state index contributed by atoms with van der Waals surface area (Å²) in [7, 11) is 1.66. The number of aromatic nitrogens is 2. The maximum absolute atomic E-state index is 13.5. The lowest BCUT2D eigenvalue weighted by Gasteiger charge is -2.27. The Morgan fingerprint density at radius 3 is 2.71 bits per heavy atom. The van der Waals surface area contributed by atoms with Crippen LogP contribution in [0.2, 0.25) is 0 Å². The Kier molecular flexibility index (Phi) is 5.15. The Balaban J connectivity index is 1.22. The third-order valence-corrected chi connectivity index (χ3v) is 8.12. The quantitative estimate of drug-likeness (QED) is 0.550. The van der Waals surface area contributed by atoms with Gasteiger partial charge in [0.15, 0.2) is 5.82 Å². The first kappa shape index (κ1) is 21.3. The van der Waals surface area contributed by atoms with Gasteiger partial charge in [0.2, 0.25) is 11.8 Å². The van der Waals surface area contributed by atoms with Gasteiger partial charge < -0.3 is 14.6 Å². The molecule has 0 spiro atoms. The number of nitrogens with zero attached hydrogens (tertiary/aromatic N) is 2. The number of hydrogen-bond acceptors (Lipinski definition) is 5. The van der Waals surface area contributed by atoms with Crippen molar-refractivity contribution in [3.63, 3.8) is 0 Å². The van der Waals surface area contributed by atoms with Crippen molar-refractivity contribution in [2.45, 2.75) is 50.0 Å². The molecule has 3 aliphatic carbocycles. The summed E-state index contributed by atoms with van der Waals surface area (Å²) in [4.78, 5) is 18.2. The van der Waals surface area contributed by atoms with Crippen LogP contribution in [0.4, 0.5) is 4.39 Å². The normalized spacial score (nSPS) is 26.4. The summed E-state index contributed by atoms with van der Waals surface area (Å²) in [5, 5.41) is 7.44. The number of hydrogen-bond donors (Lipinski definition) is 1. The van der Waals surface area contributed by atoms with Crippen LogP contribution in [-0.4, -0.2) is 23.2 Å². The van der Waals surface area contributed by atoms with Crippen LogP contribution < -0.4 is 10.1 Å². The van der Waals surface area contributed by atoms with Crippen molar-refractivity contribution < 1.29 is 18.4 Å². The van der Waals surface area contributed by atoms with E-state index in [1.54, 1.807) is 13.2 Å². The predicted molar refractivity (Wildman–Crippen MR) is 123 cm³/mol. The largest absolute Gasteiger partial charge is 0.497 e. The number of carbonyl (C=O) groups is 1. The third kappa shape index (κ3) is 3.58. The zero-order valence-corrected chi connectivity index (χ0v) is 19.2. The van der Waals surface area contributed by atoms with Gasteiger partial charge in [0, 0.05) is 6.54 Å². The molecule has 1 amide bonds. The van der Waals surface area contributed by atoms with Crippen LogP contribution in [0, 0.1) is 23.6 Å². The zero-order chi connectivity index (χ0) is 23.3. The van der Waals surface area contributed by atoms with Crippen molar-refractivity contribution in [3.8, 4) is 5.75 Å². The number of methoxy groups -OCH3 is 1. The van der Waals surface area contributed by atoms with Crippen molar-refractivity contribution in [2.24, 2.45) is 17.8 Å². The molecule has 1 aromatic heterocycles.